The zero-order valence-electron chi connectivity index (χ0n) is 12.1. The van der Waals surface area contributed by atoms with Gasteiger partial charge in [0.15, 0.2) is 5.75 Å². The zero-order chi connectivity index (χ0) is 15.4. The first kappa shape index (κ1) is 14.8. The minimum Gasteiger partial charge on any atom is -0.496 e. The van der Waals surface area contributed by atoms with E-state index < -0.39 is 5.97 Å². The second kappa shape index (κ2) is 6.21. The molecule has 0 amide bonds. The van der Waals surface area contributed by atoms with Gasteiger partial charge in [0.05, 0.1) is 19.0 Å². The van der Waals surface area contributed by atoms with Crippen LogP contribution in [0.4, 0.5) is 0 Å². The number of pyridine rings is 2. The van der Waals surface area contributed by atoms with Gasteiger partial charge in [-0.15, -0.1) is 0 Å². The third kappa shape index (κ3) is 3.10. The van der Waals surface area contributed by atoms with Gasteiger partial charge >= 0.3 is 5.97 Å². The van der Waals surface area contributed by atoms with E-state index in [1.807, 2.05) is 13.8 Å². The maximum atomic E-state index is 11.1. The summed E-state index contributed by atoms with van der Waals surface area (Å²) in [7, 11) is 1.60. The van der Waals surface area contributed by atoms with E-state index >= 15 is 0 Å². The van der Waals surface area contributed by atoms with Crippen LogP contribution in [0.2, 0.25) is 0 Å². The van der Waals surface area contributed by atoms with Gasteiger partial charge in [-0.05, 0) is 19.9 Å². The number of aryl methyl sites for hydroxylation is 1. The molecule has 6 heteroatoms. The zero-order valence-corrected chi connectivity index (χ0v) is 12.1. The first-order chi connectivity index (χ1) is 10.0. The van der Waals surface area contributed by atoms with Crippen molar-refractivity contribution in [3.05, 3.63) is 47.0 Å². The highest BCUT2D eigenvalue weighted by molar-refractivity contribution is 5.90. The molecule has 2 rings (SSSR count). The molecule has 0 radical (unpaired) electrons. The normalized spacial score (nSPS) is 10.2. The highest BCUT2D eigenvalue weighted by atomic mass is 16.5. The summed E-state index contributed by atoms with van der Waals surface area (Å²) < 4.78 is 10.9. The molecule has 0 aliphatic heterocycles. The van der Waals surface area contributed by atoms with Crippen LogP contribution in [0.25, 0.3) is 0 Å². The van der Waals surface area contributed by atoms with Crippen LogP contribution in [-0.2, 0) is 6.61 Å². The van der Waals surface area contributed by atoms with Crippen LogP contribution in [0.1, 0.15) is 27.2 Å². The summed E-state index contributed by atoms with van der Waals surface area (Å²) in [5.41, 5.74) is 2.57. The highest BCUT2D eigenvalue weighted by Gasteiger charge is 2.13. The van der Waals surface area contributed by atoms with Crippen molar-refractivity contribution < 1.29 is 19.4 Å². The molecule has 2 heterocycles. The van der Waals surface area contributed by atoms with Crippen LogP contribution in [-0.4, -0.2) is 28.2 Å². The van der Waals surface area contributed by atoms with E-state index in [1.165, 1.54) is 18.5 Å². The van der Waals surface area contributed by atoms with Gasteiger partial charge in [-0.25, -0.2) is 4.79 Å². The van der Waals surface area contributed by atoms with Gasteiger partial charge < -0.3 is 14.6 Å². The van der Waals surface area contributed by atoms with Crippen molar-refractivity contribution in [2.75, 3.05) is 7.11 Å². The topological polar surface area (TPSA) is 81.5 Å². The highest BCUT2D eigenvalue weighted by Crippen LogP contribution is 2.25. The average Bonchev–Trinajstić information content (AvgIpc) is 2.47. The van der Waals surface area contributed by atoms with Crippen molar-refractivity contribution in [2.24, 2.45) is 0 Å². The Morgan fingerprint density at radius 2 is 2.10 bits per heavy atom. The van der Waals surface area contributed by atoms with Crippen LogP contribution < -0.4 is 9.47 Å². The quantitative estimate of drug-likeness (QED) is 0.909. The lowest BCUT2D eigenvalue weighted by atomic mass is 10.1. The van der Waals surface area contributed by atoms with Gasteiger partial charge in [0.2, 0.25) is 0 Å². The second-order valence-corrected chi connectivity index (χ2v) is 4.51. The van der Waals surface area contributed by atoms with Crippen LogP contribution in [0.15, 0.2) is 24.7 Å². The Kier molecular flexibility index (Phi) is 4.37. The van der Waals surface area contributed by atoms with Crippen molar-refractivity contribution >= 4 is 5.97 Å². The van der Waals surface area contributed by atoms with E-state index in [0.29, 0.717) is 5.69 Å². The fourth-order valence-corrected chi connectivity index (χ4v) is 2.03. The van der Waals surface area contributed by atoms with Crippen LogP contribution in [0.3, 0.4) is 0 Å². The maximum absolute atomic E-state index is 11.1. The molecule has 110 valence electrons. The van der Waals surface area contributed by atoms with Crippen molar-refractivity contribution in [1.29, 1.82) is 0 Å². The molecule has 2 aromatic rings. The maximum Gasteiger partial charge on any atom is 0.339 e. The number of ether oxygens (including phenoxy) is 2. The minimum absolute atomic E-state index is 0.0710. The molecule has 0 aromatic carbocycles. The van der Waals surface area contributed by atoms with Crippen molar-refractivity contribution in [1.82, 2.24) is 9.97 Å². The number of nitrogens with zero attached hydrogens (tertiary/aromatic N) is 2. The molecule has 0 unspecified atom stereocenters. The standard InChI is InChI=1S/C15H16N2O4/c1-9-6-17-12(10(2)14(9)20-3)8-21-13-7-16-5-4-11(13)15(18)19/h4-7H,8H2,1-3H3,(H,18,19). The Bertz CT molecular complexity index is 671. The predicted octanol–water partition coefficient (Wildman–Crippen LogP) is 2.38. The van der Waals surface area contributed by atoms with E-state index in [4.69, 9.17) is 14.6 Å². The molecule has 0 aliphatic rings. The van der Waals surface area contributed by atoms with Crippen LogP contribution >= 0.6 is 0 Å². The first-order valence-corrected chi connectivity index (χ1v) is 6.33. The fourth-order valence-electron chi connectivity index (χ4n) is 2.03. The predicted molar refractivity (Wildman–Crippen MR) is 75.8 cm³/mol. The molecule has 21 heavy (non-hydrogen) atoms. The molecule has 0 atom stereocenters. The Balaban J connectivity index is 2.23. The van der Waals surface area contributed by atoms with Gasteiger partial charge in [0.25, 0.3) is 0 Å². The number of hydrogen-bond acceptors (Lipinski definition) is 5. The molecule has 0 saturated carbocycles. The monoisotopic (exact) mass is 288 g/mol. The van der Waals surface area contributed by atoms with Gasteiger partial charge in [0, 0.05) is 23.5 Å². The lowest BCUT2D eigenvalue weighted by Crippen LogP contribution is -2.07. The number of carboxylic acid groups (broad SMARTS) is 1. The average molecular weight is 288 g/mol. The van der Waals surface area contributed by atoms with Crippen molar-refractivity contribution in [3.8, 4) is 11.5 Å². The number of hydrogen-bond donors (Lipinski definition) is 1. The molecule has 0 bridgehead atoms. The third-order valence-electron chi connectivity index (χ3n) is 3.13. The Morgan fingerprint density at radius 3 is 2.76 bits per heavy atom. The summed E-state index contributed by atoms with van der Waals surface area (Å²) in [5, 5.41) is 9.09. The fraction of sp³-hybridized carbons (Fsp3) is 0.267. The smallest absolute Gasteiger partial charge is 0.339 e. The summed E-state index contributed by atoms with van der Waals surface area (Å²) in [6.07, 6.45) is 4.49. The summed E-state index contributed by atoms with van der Waals surface area (Å²) in [5.74, 6) is -0.0856. The van der Waals surface area contributed by atoms with E-state index in [0.717, 1.165) is 16.9 Å². The van der Waals surface area contributed by atoms with E-state index in [-0.39, 0.29) is 17.9 Å². The van der Waals surface area contributed by atoms with Crippen LogP contribution in [0.5, 0.6) is 11.5 Å². The number of carbonyl (C=O) groups is 1. The van der Waals surface area contributed by atoms with Crippen molar-refractivity contribution in [2.45, 2.75) is 20.5 Å². The molecule has 0 spiro atoms. The Hall–Kier alpha value is -2.63. The second-order valence-electron chi connectivity index (χ2n) is 4.51. The molecule has 0 saturated heterocycles. The Labute approximate surface area is 122 Å². The van der Waals surface area contributed by atoms with Crippen LogP contribution in [0, 0.1) is 13.8 Å². The number of aromatic nitrogens is 2. The molecular weight excluding hydrogens is 272 g/mol. The number of aromatic carboxylic acids is 1. The summed E-state index contributed by atoms with van der Waals surface area (Å²) in [6.45, 7) is 3.94. The molecule has 0 fully saturated rings. The SMILES string of the molecule is COc1c(C)cnc(COc2cnccc2C(=O)O)c1C. The van der Waals surface area contributed by atoms with Crippen molar-refractivity contribution in [3.63, 3.8) is 0 Å². The largest absolute Gasteiger partial charge is 0.496 e. The molecule has 1 N–H and O–H groups in total. The van der Waals surface area contributed by atoms with E-state index in [1.54, 1.807) is 13.3 Å². The Morgan fingerprint density at radius 1 is 1.33 bits per heavy atom. The minimum atomic E-state index is -1.06. The lowest BCUT2D eigenvalue weighted by molar-refractivity contribution is 0.0691. The summed E-state index contributed by atoms with van der Waals surface area (Å²) >= 11 is 0. The van der Waals surface area contributed by atoms with E-state index in [2.05, 4.69) is 9.97 Å². The lowest BCUT2D eigenvalue weighted by Gasteiger charge is -2.13. The van der Waals surface area contributed by atoms with Gasteiger partial charge in [-0.3, -0.25) is 9.97 Å². The first-order valence-electron chi connectivity index (χ1n) is 6.33. The molecular formula is C15H16N2O4. The molecule has 6 nitrogen and oxygen atoms in total. The summed E-state index contributed by atoms with van der Waals surface area (Å²) in [4.78, 5) is 19.3. The van der Waals surface area contributed by atoms with Gasteiger partial charge in [-0.1, -0.05) is 0 Å². The van der Waals surface area contributed by atoms with Gasteiger partial charge in [-0.2, -0.15) is 0 Å². The van der Waals surface area contributed by atoms with Gasteiger partial charge in [0.1, 0.15) is 17.9 Å². The number of rotatable bonds is 5. The number of methoxy groups -OCH3 is 1. The molecule has 0 aliphatic carbocycles. The van der Waals surface area contributed by atoms with E-state index in [9.17, 15) is 4.79 Å². The third-order valence-corrected chi connectivity index (χ3v) is 3.13. The number of carboxylic acids is 1. The molecule has 2 aromatic heterocycles. The summed E-state index contributed by atoms with van der Waals surface area (Å²) in [6, 6.07) is 1.40.